The Balaban J connectivity index is 2.09. The zero-order valence-corrected chi connectivity index (χ0v) is 16.1. The molecule has 0 N–H and O–H groups in total. The molecule has 126 valence electrons. The molecular weight excluding hydrogens is 302 g/mol. The lowest BCUT2D eigenvalue weighted by atomic mass is 9.78. The Bertz CT molecular complexity index is 1010. The van der Waals surface area contributed by atoms with Crippen LogP contribution in [-0.4, -0.2) is 0 Å². The van der Waals surface area contributed by atoms with E-state index in [4.69, 9.17) is 0 Å². The van der Waals surface area contributed by atoms with Gasteiger partial charge in [0.15, 0.2) is 6.20 Å². The van der Waals surface area contributed by atoms with E-state index in [0.717, 1.165) is 0 Å². The Hall–Kier alpha value is -2.41. The summed E-state index contributed by atoms with van der Waals surface area (Å²) in [5.41, 5.74) is 12.3. The first-order valence-electron chi connectivity index (χ1n) is 9.03. The topological polar surface area (TPSA) is 3.88 Å². The average molecular weight is 328 g/mol. The first kappa shape index (κ1) is 16.1. The molecule has 0 atom stereocenters. The fourth-order valence-corrected chi connectivity index (χ4v) is 4.48. The van der Waals surface area contributed by atoms with Gasteiger partial charge in [-0.2, -0.15) is 0 Å². The number of nitrogens with zero attached hydrogens (tertiary/aromatic N) is 1. The number of hydrogen-bond donors (Lipinski definition) is 0. The highest BCUT2D eigenvalue weighted by Gasteiger charge is 2.39. The molecule has 0 saturated carbocycles. The average Bonchev–Trinajstić information content (AvgIpc) is 2.76. The third-order valence-electron chi connectivity index (χ3n) is 5.71. The lowest BCUT2D eigenvalue weighted by Gasteiger charge is -2.24. The number of benzene rings is 2. The predicted octanol–water partition coefficient (Wildman–Crippen LogP) is 5.41. The second-order valence-corrected chi connectivity index (χ2v) is 8.06. The van der Waals surface area contributed by atoms with Gasteiger partial charge < -0.3 is 0 Å². The molecule has 4 rings (SSSR count). The van der Waals surface area contributed by atoms with E-state index in [2.05, 4.69) is 94.9 Å². The third kappa shape index (κ3) is 2.26. The molecule has 1 aliphatic rings. The summed E-state index contributed by atoms with van der Waals surface area (Å²) in [6.07, 6.45) is 2.22. The highest BCUT2D eigenvalue weighted by atomic mass is 14.9. The van der Waals surface area contributed by atoms with Crippen LogP contribution >= 0.6 is 0 Å². The van der Waals surface area contributed by atoms with Gasteiger partial charge in [0, 0.05) is 17.0 Å². The molecule has 0 radical (unpaired) electrons. The van der Waals surface area contributed by atoms with Gasteiger partial charge >= 0.3 is 0 Å². The predicted molar refractivity (Wildman–Crippen MR) is 105 cm³/mol. The minimum absolute atomic E-state index is 0.0115. The molecule has 0 aliphatic heterocycles. The first-order chi connectivity index (χ1) is 11.8. The van der Waals surface area contributed by atoms with E-state index in [-0.39, 0.29) is 5.41 Å². The second-order valence-electron chi connectivity index (χ2n) is 8.06. The maximum absolute atomic E-state index is 2.37. The van der Waals surface area contributed by atoms with Crippen molar-refractivity contribution in [2.75, 3.05) is 0 Å². The normalized spacial score (nSPS) is 14.3. The summed E-state index contributed by atoms with van der Waals surface area (Å²) < 4.78 is 2.27. The monoisotopic (exact) mass is 328 g/mol. The van der Waals surface area contributed by atoms with Crippen LogP contribution in [0.1, 0.15) is 41.7 Å². The van der Waals surface area contributed by atoms with Gasteiger partial charge in [0.1, 0.15) is 7.05 Å². The molecule has 25 heavy (non-hydrogen) atoms. The lowest BCUT2D eigenvalue weighted by Crippen LogP contribution is -2.32. The van der Waals surface area contributed by atoms with Crippen molar-refractivity contribution in [3.63, 3.8) is 0 Å². The smallest absolute Gasteiger partial charge is 0.201 e. The number of fused-ring (bicyclic) bond motifs is 3. The SMILES string of the molecule is Cc1ccc2c(c1)-c1ccc(C)c(-c3ccc(C)c[n+]3C)c1C2(C)C. The van der Waals surface area contributed by atoms with Crippen molar-refractivity contribution in [3.05, 3.63) is 76.5 Å². The van der Waals surface area contributed by atoms with Crippen LogP contribution in [-0.2, 0) is 12.5 Å². The van der Waals surface area contributed by atoms with E-state index in [1.165, 1.54) is 50.2 Å². The van der Waals surface area contributed by atoms with Gasteiger partial charge in [-0.1, -0.05) is 49.7 Å². The first-order valence-corrected chi connectivity index (χ1v) is 9.03. The lowest BCUT2D eigenvalue weighted by molar-refractivity contribution is -0.660. The zero-order valence-electron chi connectivity index (χ0n) is 16.1. The third-order valence-corrected chi connectivity index (χ3v) is 5.71. The summed E-state index contributed by atoms with van der Waals surface area (Å²) in [5, 5.41) is 0. The number of pyridine rings is 1. The summed E-state index contributed by atoms with van der Waals surface area (Å²) in [6, 6.07) is 16.0. The van der Waals surface area contributed by atoms with Crippen LogP contribution in [0.4, 0.5) is 0 Å². The Morgan fingerprint density at radius 1 is 0.800 bits per heavy atom. The largest absolute Gasteiger partial charge is 0.212 e. The molecule has 1 aromatic heterocycles. The molecule has 0 saturated heterocycles. The van der Waals surface area contributed by atoms with Crippen LogP contribution in [0.2, 0.25) is 0 Å². The van der Waals surface area contributed by atoms with E-state index < -0.39 is 0 Å². The highest BCUT2D eigenvalue weighted by molar-refractivity contribution is 5.88. The van der Waals surface area contributed by atoms with E-state index in [0.29, 0.717) is 0 Å². The second kappa shape index (κ2) is 5.29. The van der Waals surface area contributed by atoms with Crippen molar-refractivity contribution in [2.45, 2.75) is 40.0 Å². The quantitative estimate of drug-likeness (QED) is 0.526. The van der Waals surface area contributed by atoms with Crippen LogP contribution in [0.5, 0.6) is 0 Å². The van der Waals surface area contributed by atoms with Crippen molar-refractivity contribution >= 4 is 0 Å². The molecule has 0 bridgehead atoms. The van der Waals surface area contributed by atoms with Gasteiger partial charge in [0.05, 0.1) is 5.56 Å². The molecule has 2 aromatic carbocycles. The Morgan fingerprint density at radius 2 is 1.52 bits per heavy atom. The van der Waals surface area contributed by atoms with Crippen LogP contribution in [0.25, 0.3) is 22.4 Å². The van der Waals surface area contributed by atoms with Gasteiger partial charge in [-0.3, -0.25) is 0 Å². The summed E-state index contributed by atoms with van der Waals surface area (Å²) in [4.78, 5) is 0. The molecule has 0 fully saturated rings. The van der Waals surface area contributed by atoms with E-state index in [9.17, 15) is 0 Å². The van der Waals surface area contributed by atoms with Crippen molar-refractivity contribution in [1.82, 2.24) is 0 Å². The van der Waals surface area contributed by atoms with E-state index in [1.807, 2.05) is 0 Å². The number of hydrogen-bond acceptors (Lipinski definition) is 0. The van der Waals surface area contributed by atoms with Crippen LogP contribution < -0.4 is 4.57 Å². The summed E-state index contributed by atoms with van der Waals surface area (Å²) in [5.74, 6) is 0. The fraction of sp³-hybridized carbons (Fsp3) is 0.292. The Labute approximate surface area is 151 Å². The molecule has 1 aliphatic carbocycles. The standard InChI is InChI=1S/C24H26N/c1-15-7-11-20-19(13-15)18-10-9-17(3)22(23(18)24(20,4)5)21-12-8-16(2)14-25(21)6/h7-14H,1-6H3/q+1. The Kier molecular flexibility index (Phi) is 3.40. The number of aromatic nitrogens is 1. The summed E-state index contributed by atoms with van der Waals surface area (Å²) in [7, 11) is 2.15. The van der Waals surface area contributed by atoms with Crippen molar-refractivity contribution in [3.8, 4) is 22.4 Å². The van der Waals surface area contributed by atoms with Crippen molar-refractivity contribution in [2.24, 2.45) is 7.05 Å². The molecule has 0 unspecified atom stereocenters. The molecule has 1 nitrogen and oxygen atoms in total. The van der Waals surface area contributed by atoms with Gasteiger partial charge in [0.2, 0.25) is 5.69 Å². The molecular formula is C24H26N+. The van der Waals surface area contributed by atoms with Gasteiger partial charge in [-0.25, -0.2) is 4.57 Å². The number of aryl methyl sites for hydroxylation is 4. The van der Waals surface area contributed by atoms with Crippen molar-refractivity contribution < 1.29 is 4.57 Å². The maximum atomic E-state index is 2.37. The maximum Gasteiger partial charge on any atom is 0.212 e. The van der Waals surface area contributed by atoms with Crippen molar-refractivity contribution in [1.29, 1.82) is 0 Å². The van der Waals surface area contributed by atoms with Gasteiger partial charge in [0.25, 0.3) is 0 Å². The molecule has 0 spiro atoms. The summed E-state index contributed by atoms with van der Waals surface area (Å²) >= 11 is 0. The molecule has 0 amide bonds. The van der Waals surface area contributed by atoms with Gasteiger partial charge in [-0.15, -0.1) is 0 Å². The van der Waals surface area contributed by atoms with E-state index >= 15 is 0 Å². The zero-order chi connectivity index (χ0) is 17.9. The van der Waals surface area contributed by atoms with Crippen LogP contribution in [0.3, 0.4) is 0 Å². The Morgan fingerprint density at radius 3 is 2.24 bits per heavy atom. The molecule has 3 aromatic rings. The summed E-state index contributed by atoms with van der Waals surface area (Å²) in [6.45, 7) is 11.3. The molecule has 1 heterocycles. The van der Waals surface area contributed by atoms with Crippen LogP contribution in [0.15, 0.2) is 48.7 Å². The van der Waals surface area contributed by atoms with Crippen LogP contribution in [0, 0.1) is 20.8 Å². The van der Waals surface area contributed by atoms with Gasteiger partial charge in [-0.05, 0) is 54.7 Å². The minimum Gasteiger partial charge on any atom is -0.201 e. The molecule has 1 heteroatoms. The van der Waals surface area contributed by atoms with E-state index in [1.54, 1.807) is 0 Å². The number of rotatable bonds is 1. The fourth-order valence-electron chi connectivity index (χ4n) is 4.48. The minimum atomic E-state index is 0.0115. The highest BCUT2D eigenvalue weighted by Crippen LogP contribution is 2.52.